The van der Waals surface area contributed by atoms with Crippen LogP contribution in [0.15, 0.2) is 6.20 Å². The third kappa shape index (κ3) is 2.76. The number of thiazole rings is 1. The smallest absolute Gasteiger partial charge is 0.185 e. The number of rotatable bonds is 1. The summed E-state index contributed by atoms with van der Waals surface area (Å²) in [4.78, 5) is 4.08. The lowest BCUT2D eigenvalue weighted by atomic mass is 10.1. The molecule has 3 nitrogen and oxygen atoms in total. The fourth-order valence-electron chi connectivity index (χ4n) is 0.665. The molecule has 1 aromatic heterocycles. The van der Waals surface area contributed by atoms with Crippen molar-refractivity contribution in [2.24, 2.45) is 0 Å². The average molecular weight is 171 g/mol. The number of nitrogen functional groups attached to an aromatic ring is 1. The summed E-state index contributed by atoms with van der Waals surface area (Å²) >= 11 is 1.47. The number of nitrogens with zero attached hydrogens (tertiary/aromatic N) is 1. The molecule has 0 aliphatic heterocycles. The van der Waals surface area contributed by atoms with Crippen molar-refractivity contribution in [3.8, 4) is 0 Å². The molecule has 0 aliphatic carbocycles. The molecule has 0 fully saturated rings. The molecule has 0 saturated carbocycles. The lowest BCUT2D eigenvalue weighted by molar-refractivity contribution is 0.633. The van der Waals surface area contributed by atoms with Crippen LogP contribution >= 0.6 is 11.3 Å². The van der Waals surface area contributed by atoms with Crippen molar-refractivity contribution >= 4 is 21.5 Å². The molecular formula is C7H13N3S. The van der Waals surface area contributed by atoms with Crippen molar-refractivity contribution in [3.05, 3.63) is 6.20 Å². The van der Waals surface area contributed by atoms with Gasteiger partial charge in [-0.2, -0.15) is 0 Å². The number of nitrogens with two attached hydrogens (primary N) is 1. The monoisotopic (exact) mass is 171 g/mol. The zero-order valence-corrected chi connectivity index (χ0v) is 7.83. The Labute approximate surface area is 70.6 Å². The van der Waals surface area contributed by atoms with Crippen LogP contribution in [0, 0.1) is 0 Å². The van der Waals surface area contributed by atoms with Gasteiger partial charge < -0.3 is 11.1 Å². The maximum atomic E-state index is 5.51. The maximum absolute atomic E-state index is 5.51. The number of hydrogen-bond donors (Lipinski definition) is 2. The second kappa shape index (κ2) is 2.70. The lowest BCUT2D eigenvalue weighted by Crippen LogP contribution is -2.25. The Morgan fingerprint density at radius 1 is 1.55 bits per heavy atom. The van der Waals surface area contributed by atoms with Crippen molar-refractivity contribution < 1.29 is 0 Å². The van der Waals surface area contributed by atoms with Crippen LogP contribution in [-0.2, 0) is 0 Å². The third-order valence-corrected chi connectivity index (χ3v) is 1.75. The summed E-state index contributed by atoms with van der Waals surface area (Å²) in [7, 11) is 0. The molecule has 0 amide bonds. The van der Waals surface area contributed by atoms with Crippen LogP contribution in [0.25, 0.3) is 0 Å². The largest absolute Gasteiger partial charge is 0.389 e. The summed E-state index contributed by atoms with van der Waals surface area (Å²) in [6.45, 7) is 6.26. The second-order valence-electron chi connectivity index (χ2n) is 3.44. The molecule has 1 heterocycles. The van der Waals surface area contributed by atoms with Gasteiger partial charge in [-0.1, -0.05) is 11.3 Å². The van der Waals surface area contributed by atoms with E-state index in [4.69, 9.17) is 5.73 Å². The molecule has 0 atom stereocenters. The first kappa shape index (κ1) is 8.33. The van der Waals surface area contributed by atoms with Crippen LogP contribution < -0.4 is 11.1 Å². The Balaban J connectivity index is 2.65. The fraction of sp³-hybridized carbons (Fsp3) is 0.571. The minimum Gasteiger partial charge on any atom is -0.389 e. The Morgan fingerprint density at radius 3 is 2.55 bits per heavy atom. The SMILES string of the molecule is CC(C)(C)Nc1ncc(N)s1. The Hall–Kier alpha value is -0.770. The van der Waals surface area contributed by atoms with E-state index in [1.54, 1.807) is 6.20 Å². The first-order valence-corrected chi connectivity index (χ1v) is 4.28. The van der Waals surface area contributed by atoms with E-state index in [1.165, 1.54) is 11.3 Å². The summed E-state index contributed by atoms with van der Waals surface area (Å²) < 4.78 is 0. The number of hydrogen-bond acceptors (Lipinski definition) is 4. The van der Waals surface area contributed by atoms with Gasteiger partial charge in [0.15, 0.2) is 5.13 Å². The Kier molecular flexibility index (Phi) is 2.04. The molecule has 1 aromatic rings. The standard InChI is InChI=1S/C7H13N3S/c1-7(2,3)10-6-9-4-5(8)11-6/h4H,8H2,1-3H3,(H,9,10). The van der Waals surface area contributed by atoms with Crippen LogP contribution in [0.5, 0.6) is 0 Å². The first-order chi connectivity index (χ1) is 4.97. The van der Waals surface area contributed by atoms with Gasteiger partial charge in [-0.15, -0.1) is 0 Å². The minimum absolute atomic E-state index is 0.0598. The minimum atomic E-state index is 0.0598. The molecule has 0 aromatic carbocycles. The molecule has 3 N–H and O–H groups in total. The normalized spacial score (nSPS) is 11.5. The number of aromatic nitrogens is 1. The van der Waals surface area contributed by atoms with E-state index in [2.05, 4.69) is 31.1 Å². The highest BCUT2D eigenvalue weighted by atomic mass is 32.1. The molecule has 0 unspecified atom stereocenters. The Morgan fingerprint density at radius 2 is 2.18 bits per heavy atom. The van der Waals surface area contributed by atoms with Crippen molar-refractivity contribution in [2.75, 3.05) is 11.1 Å². The van der Waals surface area contributed by atoms with Gasteiger partial charge in [0.1, 0.15) is 5.00 Å². The van der Waals surface area contributed by atoms with Gasteiger partial charge in [0.2, 0.25) is 0 Å². The molecule has 11 heavy (non-hydrogen) atoms. The third-order valence-electron chi connectivity index (χ3n) is 1.01. The molecular weight excluding hydrogens is 158 g/mol. The highest BCUT2D eigenvalue weighted by Crippen LogP contribution is 2.22. The molecule has 0 aliphatic rings. The summed E-state index contributed by atoms with van der Waals surface area (Å²) in [6, 6.07) is 0. The van der Waals surface area contributed by atoms with E-state index < -0.39 is 0 Å². The van der Waals surface area contributed by atoms with Gasteiger partial charge >= 0.3 is 0 Å². The zero-order valence-electron chi connectivity index (χ0n) is 7.01. The number of nitrogens with one attached hydrogen (secondary N) is 1. The molecule has 0 bridgehead atoms. The van der Waals surface area contributed by atoms with Crippen LogP contribution in [-0.4, -0.2) is 10.5 Å². The van der Waals surface area contributed by atoms with E-state index >= 15 is 0 Å². The van der Waals surface area contributed by atoms with E-state index in [0.29, 0.717) is 0 Å². The first-order valence-electron chi connectivity index (χ1n) is 3.47. The van der Waals surface area contributed by atoms with Crippen molar-refractivity contribution in [2.45, 2.75) is 26.3 Å². The van der Waals surface area contributed by atoms with Gasteiger partial charge in [0.05, 0.1) is 6.20 Å². The molecule has 1 rings (SSSR count). The number of anilines is 2. The lowest BCUT2D eigenvalue weighted by Gasteiger charge is -2.19. The predicted octanol–water partition coefficient (Wildman–Crippen LogP) is 1.94. The van der Waals surface area contributed by atoms with Gasteiger partial charge in [0.25, 0.3) is 0 Å². The highest BCUT2D eigenvalue weighted by molar-refractivity contribution is 7.19. The van der Waals surface area contributed by atoms with Crippen molar-refractivity contribution in [1.82, 2.24) is 4.98 Å². The quantitative estimate of drug-likeness (QED) is 0.679. The van der Waals surface area contributed by atoms with Crippen molar-refractivity contribution in [1.29, 1.82) is 0 Å². The maximum Gasteiger partial charge on any atom is 0.185 e. The Bertz CT molecular complexity index is 236. The van der Waals surface area contributed by atoms with E-state index in [9.17, 15) is 0 Å². The molecule has 4 heteroatoms. The van der Waals surface area contributed by atoms with Gasteiger partial charge in [-0.25, -0.2) is 4.98 Å². The topological polar surface area (TPSA) is 50.9 Å². The fourth-order valence-corrected chi connectivity index (χ4v) is 1.46. The average Bonchev–Trinajstić information content (AvgIpc) is 2.10. The summed E-state index contributed by atoms with van der Waals surface area (Å²) in [5.74, 6) is 0. The van der Waals surface area contributed by atoms with Crippen LogP contribution in [0.1, 0.15) is 20.8 Å². The predicted molar refractivity (Wildman–Crippen MR) is 49.9 cm³/mol. The van der Waals surface area contributed by atoms with Gasteiger partial charge in [0, 0.05) is 5.54 Å². The van der Waals surface area contributed by atoms with Crippen LogP contribution in [0.4, 0.5) is 10.1 Å². The second-order valence-corrected chi connectivity index (χ2v) is 4.51. The molecule has 0 spiro atoms. The van der Waals surface area contributed by atoms with E-state index in [0.717, 1.165) is 10.1 Å². The molecule has 0 radical (unpaired) electrons. The zero-order chi connectivity index (χ0) is 8.48. The summed E-state index contributed by atoms with van der Waals surface area (Å²) in [5.41, 5.74) is 5.57. The highest BCUT2D eigenvalue weighted by Gasteiger charge is 2.10. The molecule has 62 valence electrons. The van der Waals surface area contributed by atoms with Crippen molar-refractivity contribution in [3.63, 3.8) is 0 Å². The van der Waals surface area contributed by atoms with Gasteiger partial charge in [-0.3, -0.25) is 0 Å². The summed E-state index contributed by atoms with van der Waals surface area (Å²) in [6.07, 6.45) is 1.67. The van der Waals surface area contributed by atoms with E-state index in [-0.39, 0.29) is 5.54 Å². The molecule has 0 saturated heterocycles. The van der Waals surface area contributed by atoms with Crippen LogP contribution in [0.3, 0.4) is 0 Å². The van der Waals surface area contributed by atoms with Gasteiger partial charge in [-0.05, 0) is 20.8 Å². The van der Waals surface area contributed by atoms with E-state index in [1.807, 2.05) is 0 Å². The summed E-state index contributed by atoms with van der Waals surface area (Å²) in [5, 5.41) is 4.86. The van der Waals surface area contributed by atoms with Crippen LogP contribution in [0.2, 0.25) is 0 Å².